The van der Waals surface area contributed by atoms with Crippen molar-refractivity contribution in [3.63, 3.8) is 0 Å². The monoisotopic (exact) mass is 733 g/mol. The number of carbonyl (C=O) groups is 4. The van der Waals surface area contributed by atoms with Gasteiger partial charge in [-0.3, -0.25) is 9.59 Å². The molecule has 0 radical (unpaired) electrons. The Bertz CT molecular complexity index is 1310. The van der Waals surface area contributed by atoms with Crippen molar-refractivity contribution in [1.82, 2.24) is 4.90 Å². The lowest BCUT2D eigenvalue weighted by Gasteiger charge is -2.19. The Morgan fingerprint density at radius 3 is 1.40 bits per heavy atom. The van der Waals surface area contributed by atoms with Crippen LogP contribution in [0.1, 0.15) is 29.9 Å². The van der Waals surface area contributed by atoms with E-state index in [0.717, 1.165) is 0 Å². The highest BCUT2D eigenvalue weighted by Crippen LogP contribution is 2.44. The van der Waals surface area contributed by atoms with Crippen LogP contribution in [0.3, 0.4) is 0 Å². The van der Waals surface area contributed by atoms with Gasteiger partial charge in [-0.05, 0) is 22.3 Å². The lowest BCUT2D eigenvalue weighted by atomic mass is 9.98. The summed E-state index contributed by atoms with van der Waals surface area (Å²) in [6.07, 6.45) is -1.05. The second-order valence-electron chi connectivity index (χ2n) is 11.5. The molecule has 0 aromatic heterocycles. The second kappa shape index (κ2) is 25.9. The fourth-order valence-corrected chi connectivity index (χ4v) is 5.03. The Morgan fingerprint density at radius 2 is 0.962 bits per heavy atom. The van der Waals surface area contributed by atoms with E-state index in [1.165, 1.54) is 27.2 Å². The highest BCUT2D eigenvalue weighted by molar-refractivity contribution is 6.32. The molecular formula is C37H51NO14. The molecule has 288 valence electrons. The van der Waals surface area contributed by atoms with E-state index < -0.39 is 24.1 Å². The van der Waals surface area contributed by atoms with Gasteiger partial charge in [-0.25, -0.2) is 9.59 Å². The summed E-state index contributed by atoms with van der Waals surface area (Å²) in [6.45, 7) is 6.12. The van der Waals surface area contributed by atoms with E-state index in [1.807, 2.05) is 24.3 Å². The summed E-state index contributed by atoms with van der Waals surface area (Å²) in [5.41, 5.74) is 4.75. The largest absolute Gasteiger partial charge is 0.476 e. The third-order valence-corrected chi connectivity index (χ3v) is 7.74. The van der Waals surface area contributed by atoms with Crippen LogP contribution in [0.5, 0.6) is 0 Å². The summed E-state index contributed by atoms with van der Waals surface area (Å²) in [4.78, 5) is 46.8. The molecule has 3 rings (SSSR count). The first-order valence-corrected chi connectivity index (χ1v) is 17.4. The quantitative estimate of drug-likeness (QED) is 0.0705. The number of ketones is 1. The van der Waals surface area contributed by atoms with Crippen LogP contribution in [0.4, 0.5) is 4.79 Å². The SMILES string of the molecule is CN(CCOCCOCCOCCOCCOCCOCCOCCOC(=O)CCC(=O)C(=O)O)C(=O)OCC1c2ccccc2-c2ccccc21. The van der Waals surface area contributed by atoms with Gasteiger partial charge in [-0.1, -0.05) is 48.5 Å². The summed E-state index contributed by atoms with van der Waals surface area (Å²) >= 11 is 0. The number of amides is 1. The van der Waals surface area contributed by atoms with Gasteiger partial charge in [0.1, 0.15) is 13.2 Å². The number of benzene rings is 2. The molecule has 1 N–H and O–H groups in total. The Morgan fingerprint density at radius 1 is 0.558 bits per heavy atom. The lowest BCUT2D eigenvalue weighted by Crippen LogP contribution is -2.32. The van der Waals surface area contributed by atoms with Crippen LogP contribution in [-0.2, 0) is 57.0 Å². The molecule has 52 heavy (non-hydrogen) atoms. The van der Waals surface area contributed by atoms with Crippen LogP contribution >= 0.6 is 0 Å². The molecule has 0 fully saturated rings. The third-order valence-electron chi connectivity index (χ3n) is 7.74. The van der Waals surface area contributed by atoms with Crippen LogP contribution in [-0.4, -0.2) is 153 Å². The first-order chi connectivity index (χ1) is 25.4. The summed E-state index contributed by atoms with van der Waals surface area (Å²) in [5.74, 6) is -3.22. The minimum Gasteiger partial charge on any atom is -0.476 e. The molecule has 1 aliphatic carbocycles. The Hall–Kier alpha value is -3.96. The zero-order valence-electron chi connectivity index (χ0n) is 29.8. The van der Waals surface area contributed by atoms with Crippen molar-refractivity contribution in [3.05, 3.63) is 59.7 Å². The average molecular weight is 734 g/mol. The zero-order chi connectivity index (χ0) is 37.2. The summed E-state index contributed by atoms with van der Waals surface area (Å²) < 4.78 is 48.6. The molecule has 1 aliphatic rings. The number of hydrogen-bond donors (Lipinski definition) is 1. The molecule has 0 heterocycles. The van der Waals surface area contributed by atoms with Gasteiger partial charge in [0.05, 0.1) is 98.9 Å². The first-order valence-electron chi connectivity index (χ1n) is 17.4. The van der Waals surface area contributed by atoms with E-state index in [4.69, 9.17) is 47.7 Å². The predicted molar refractivity (Wildman–Crippen MR) is 186 cm³/mol. The standard InChI is InChI=1S/C37H51NO14/c1-38(37(43)52-28-33-31-8-4-2-6-29(31)30-7-3-5-9-32(30)33)12-13-44-14-15-45-16-17-46-18-19-47-20-21-48-22-23-49-24-25-50-26-27-51-35(40)11-10-34(39)36(41)42/h2-9,33H,10-28H2,1H3,(H,41,42). The van der Waals surface area contributed by atoms with Gasteiger partial charge in [0.15, 0.2) is 0 Å². The van der Waals surface area contributed by atoms with Crippen LogP contribution in [0, 0.1) is 0 Å². The van der Waals surface area contributed by atoms with Gasteiger partial charge in [-0.15, -0.1) is 0 Å². The minimum absolute atomic E-state index is 0.00750. The number of ether oxygens (including phenoxy) is 9. The van der Waals surface area contributed by atoms with Gasteiger partial charge in [0.25, 0.3) is 0 Å². The molecular weight excluding hydrogens is 682 g/mol. The summed E-state index contributed by atoms with van der Waals surface area (Å²) in [6, 6.07) is 16.5. The number of nitrogens with zero attached hydrogens (tertiary/aromatic N) is 1. The number of aliphatic carboxylic acids is 1. The van der Waals surface area contributed by atoms with Gasteiger partial charge < -0.3 is 52.6 Å². The molecule has 0 bridgehead atoms. The zero-order valence-corrected chi connectivity index (χ0v) is 29.8. The van der Waals surface area contributed by atoms with Crippen molar-refractivity contribution in [1.29, 1.82) is 0 Å². The molecule has 0 spiro atoms. The number of carboxylic acids is 1. The molecule has 2 aromatic rings. The van der Waals surface area contributed by atoms with Crippen LogP contribution < -0.4 is 0 Å². The van der Waals surface area contributed by atoms with Crippen molar-refractivity contribution >= 4 is 23.8 Å². The number of carboxylic acid groups (broad SMARTS) is 1. The van der Waals surface area contributed by atoms with E-state index in [1.54, 1.807) is 7.05 Å². The average Bonchev–Trinajstić information content (AvgIpc) is 3.47. The van der Waals surface area contributed by atoms with Crippen LogP contribution in [0.2, 0.25) is 0 Å². The van der Waals surface area contributed by atoms with E-state index in [0.29, 0.717) is 92.4 Å². The van der Waals surface area contributed by atoms with Crippen molar-refractivity contribution in [2.45, 2.75) is 18.8 Å². The van der Waals surface area contributed by atoms with E-state index >= 15 is 0 Å². The molecule has 0 aliphatic heterocycles. The van der Waals surface area contributed by atoms with Crippen molar-refractivity contribution in [3.8, 4) is 11.1 Å². The van der Waals surface area contributed by atoms with E-state index in [-0.39, 0.29) is 38.3 Å². The molecule has 0 atom stereocenters. The van der Waals surface area contributed by atoms with Crippen molar-refractivity contribution in [2.75, 3.05) is 119 Å². The minimum atomic E-state index is -1.57. The number of Topliss-reactive ketones (excluding diaryl/α,β-unsaturated/α-hetero) is 1. The maximum Gasteiger partial charge on any atom is 0.409 e. The van der Waals surface area contributed by atoms with Gasteiger partial charge in [-0.2, -0.15) is 0 Å². The number of esters is 1. The second-order valence-corrected chi connectivity index (χ2v) is 11.5. The normalized spacial score (nSPS) is 11.9. The van der Waals surface area contributed by atoms with Gasteiger partial charge >= 0.3 is 18.0 Å². The van der Waals surface area contributed by atoms with Gasteiger partial charge in [0, 0.05) is 25.9 Å². The van der Waals surface area contributed by atoms with Crippen LogP contribution in [0.15, 0.2) is 48.5 Å². The molecule has 1 amide bonds. The molecule has 0 saturated carbocycles. The van der Waals surface area contributed by atoms with Crippen molar-refractivity contribution < 1.29 is 66.9 Å². The predicted octanol–water partition coefficient (Wildman–Crippen LogP) is 2.96. The highest BCUT2D eigenvalue weighted by atomic mass is 16.6. The molecule has 15 heteroatoms. The molecule has 0 saturated heterocycles. The topological polar surface area (TPSA) is 175 Å². The summed E-state index contributed by atoms with van der Waals surface area (Å²) in [7, 11) is 1.70. The maximum atomic E-state index is 12.6. The molecule has 0 unspecified atom stereocenters. The Balaban J connectivity index is 1.01. The van der Waals surface area contributed by atoms with Gasteiger partial charge in [0.2, 0.25) is 5.78 Å². The van der Waals surface area contributed by atoms with Crippen LogP contribution in [0.25, 0.3) is 11.1 Å². The summed E-state index contributed by atoms with van der Waals surface area (Å²) in [5, 5.41) is 8.46. The molecule has 2 aromatic carbocycles. The Labute approximate surface area is 304 Å². The first kappa shape index (κ1) is 42.5. The number of hydrogen-bond acceptors (Lipinski definition) is 13. The van der Waals surface area contributed by atoms with E-state index in [2.05, 4.69) is 24.3 Å². The fourth-order valence-electron chi connectivity index (χ4n) is 5.03. The number of likely N-dealkylation sites (N-methyl/N-ethyl adjacent to an activating group) is 1. The molecule has 15 nitrogen and oxygen atoms in total. The third kappa shape index (κ3) is 16.6. The number of fused-ring (bicyclic) bond motifs is 3. The number of carbonyl (C=O) groups excluding carboxylic acids is 3. The highest BCUT2D eigenvalue weighted by Gasteiger charge is 2.29. The maximum absolute atomic E-state index is 12.6. The lowest BCUT2D eigenvalue weighted by molar-refractivity contribution is -0.151. The Kier molecular flexibility index (Phi) is 21.1. The fraction of sp³-hybridized carbons (Fsp3) is 0.568. The smallest absolute Gasteiger partial charge is 0.409 e. The van der Waals surface area contributed by atoms with E-state index in [9.17, 15) is 19.2 Å². The van der Waals surface area contributed by atoms with Crippen molar-refractivity contribution in [2.24, 2.45) is 0 Å². The number of rotatable bonds is 30.